The molecular weight excluding hydrogens is 196 g/mol. The van der Waals surface area contributed by atoms with Gasteiger partial charge in [0.05, 0.1) is 11.5 Å². The van der Waals surface area contributed by atoms with E-state index in [9.17, 15) is 10.1 Å². The summed E-state index contributed by atoms with van der Waals surface area (Å²) in [5, 5.41) is 13.0. The number of hydrogen-bond donors (Lipinski definition) is 1. The summed E-state index contributed by atoms with van der Waals surface area (Å²) in [6.07, 6.45) is 0.695. The summed E-state index contributed by atoms with van der Waals surface area (Å²) in [5.74, 6) is 0.217. The Balaban J connectivity index is 2.08. The van der Waals surface area contributed by atoms with E-state index in [2.05, 4.69) is 5.32 Å². The lowest BCUT2D eigenvalue weighted by Gasteiger charge is -2.07. The summed E-state index contributed by atoms with van der Waals surface area (Å²) in [7, 11) is 0. The minimum atomic E-state index is -0.532. The molecule has 15 heavy (non-hydrogen) atoms. The first-order chi connectivity index (χ1) is 7.25. The molecule has 1 fully saturated rings. The van der Waals surface area contributed by atoms with Crippen LogP contribution < -0.4 is 5.32 Å². The first-order valence-corrected chi connectivity index (χ1v) is 4.56. The van der Waals surface area contributed by atoms with Crippen molar-refractivity contribution in [1.82, 2.24) is 5.32 Å². The number of nitrogens with zero attached hydrogens (tertiary/aromatic N) is 1. The summed E-state index contributed by atoms with van der Waals surface area (Å²) in [5.41, 5.74) is 1.01. The van der Waals surface area contributed by atoms with Gasteiger partial charge < -0.3 is 10.1 Å². The zero-order chi connectivity index (χ0) is 10.7. The second kappa shape index (κ2) is 4.00. The van der Waals surface area contributed by atoms with Gasteiger partial charge in [0.15, 0.2) is 0 Å². The smallest absolute Gasteiger partial charge is 0.293 e. The molecule has 0 bridgehead atoms. The van der Waals surface area contributed by atoms with E-state index < -0.39 is 4.92 Å². The number of nitrogens with one attached hydrogen (secondary N) is 1. The molecule has 0 aliphatic carbocycles. The van der Waals surface area contributed by atoms with Crippen LogP contribution in [0.1, 0.15) is 11.7 Å². The van der Waals surface area contributed by atoms with E-state index in [0.717, 1.165) is 11.8 Å². The van der Waals surface area contributed by atoms with Crippen LogP contribution in [0.5, 0.6) is 0 Å². The maximum atomic E-state index is 10.2. The van der Waals surface area contributed by atoms with Crippen LogP contribution in [-0.4, -0.2) is 11.5 Å². The quantitative estimate of drug-likeness (QED) is 0.587. The number of ether oxygens (including phenoxy) is 1. The number of rotatable bonds is 2. The van der Waals surface area contributed by atoms with Crippen LogP contribution in [0.2, 0.25) is 0 Å². The topological polar surface area (TPSA) is 64.4 Å². The Hall–Kier alpha value is -2.04. The molecule has 1 N–H and O–H groups in total. The molecule has 1 saturated heterocycles. The van der Waals surface area contributed by atoms with E-state index in [1.54, 1.807) is 0 Å². The van der Waals surface area contributed by atoms with Gasteiger partial charge in [0.2, 0.25) is 0 Å². The molecule has 0 spiro atoms. The third kappa shape index (κ3) is 2.25. The lowest BCUT2D eigenvalue weighted by molar-refractivity contribution is -0.405. The second-order valence-corrected chi connectivity index (χ2v) is 3.18. The highest BCUT2D eigenvalue weighted by molar-refractivity contribution is 5.20. The van der Waals surface area contributed by atoms with Crippen LogP contribution in [0.15, 0.2) is 42.4 Å². The van der Waals surface area contributed by atoms with Gasteiger partial charge in [0.25, 0.3) is 12.1 Å². The SMILES string of the molecule is O=[N+]([O-])/C=C1\NCC(c2ccccc2)O1. The highest BCUT2D eigenvalue weighted by atomic mass is 16.6. The molecule has 5 nitrogen and oxygen atoms in total. The van der Waals surface area contributed by atoms with Crippen molar-refractivity contribution in [2.75, 3.05) is 6.54 Å². The van der Waals surface area contributed by atoms with Crippen molar-refractivity contribution >= 4 is 0 Å². The van der Waals surface area contributed by atoms with Crippen molar-refractivity contribution in [3.8, 4) is 0 Å². The van der Waals surface area contributed by atoms with E-state index in [4.69, 9.17) is 4.74 Å². The largest absolute Gasteiger partial charge is 0.465 e. The van der Waals surface area contributed by atoms with Crippen LogP contribution in [0, 0.1) is 10.1 Å². The van der Waals surface area contributed by atoms with E-state index in [-0.39, 0.29) is 12.0 Å². The van der Waals surface area contributed by atoms with Gasteiger partial charge in [-0.1, -0.05) is 30.3 Å². The highest BCUT2D eigenvalue weighted by Crippen LogP contribution is 2.23. The van der Waals surface area contributed by atoms with Crippen LogP contribution >= 0.6 is 0 Å². The van der Waals surface area contributed by atoms with Crippen molar-refractivity contribution in [3.05, 3.63) is 58.1 Å². The predicted molar refractivity (Wildman–Crippen MR) is 53.3 cm³/mol. The number of hydrogen-bond acceptors (Lipinski definition) is 4. The lowest BCUT2D eigenvalue weighted by atomic mass is 10.1. The molecule has 1 aliphatic rings. The number of benzene rings is 1. The lowest BCUT2D eigenvalue weighted by Crippen LogP contribution is -2.08. The predicted octanol–water partition coefficient (Wildman–Crippen LogP) is 1.42. The summed E-state index contributed by atoms with van der Waals surface area (Å²) in [6, 6.07) is 9.60. The van der Waals surface area contributed by atoms with Crippen LogP contribution in [0.3, 0.4) is 0 Å². The minimum absolute atomic E-state index is 0.141. The average Bonchev–Trinajstić information content (AvgIpc) is 2.67. The van der Waals surface area contributed by atoms with Crippen molar-refractivity contribution in [2.24, 2.45) is 0 Å². The fourth-order valence-electron chi connectivity index (χ4n) is 1.46. The van der Waals surface area contributed by atoms with E-state index >= 15 is 0 Å². The molecular formula is C10H10N2O3. The van der Waals surface area contributed by atoms with Gasteiger partial charge in [-0.2, -0.15) is 0 Å². The van der Waals surface area contributed by atoms with Gasteiger partial charge in [-0.25, -0.2) is 0 Å². The van der Waals surface area contributed by atoms with Crippen LogP contribution in [-0.2, 0) is 4.74 Å². The minimum Gasteiger partial charge on any atom is -0.465 e. The molecule has 0 radical (unpaired) electrons. The van der Waals surface area contributed by atoms with Crippen molar-refractivity contribution < 1.29 is 9.66 Å². The Morgan fingerprint density at radius 2 is 2.20 bits per heavy atom. The first kappa shape index (κ1) is 9.51. The maximum Gasteiger partial charge on any atom is 0.293 e. The molecule has 1 aromatic rings. The van der Waals surface area contributed by atoms with Gasteiger partial charge in [0, 0.05) is 0 Å². The second-order valence-electron chi connectivity index (χ2n) is 3.18. The Labute approximate surface area is 86.5 Å². The fourth-order valence-corrected chi connectivity index (χ4v) is 1.46. The van der Waals surface area contributed by atoms with Crippen molar-refractivity contribution in [3.63, 3.8) is 0 Å². The van der Waals surface area contributed by atoms with Gasteiger partial charge in [-0.15, -0.1) is 0 Å². The highest BCUT2D eigenvalue weighted by Gasteiger charge is 2.23. The van der Waals surface area contributed by atoms with Crippen LogP contribution in [0.25, 0.3) is 0 Å². The molecule has 0 saturated carbocycles. The van der Waals surface area contributed by atoms with Crippen LogP contribution in [0.4, 0.5) is 0 Å². The summed E-state index contributed by atoms with van der Waals surface area (Å²) < 4.78 is 5.37. The Bertz CT molecular complexity index is 389. The zero-order valence-electron chi connectivity index (χ0n) is 7.92. The molecule has 0 amide bonds. The van der Waals surface area contributed by atoms with Gasteiger partial charge in [0.1, 0.15) is 6.10 Å². The molecule has 78 valence electrons. The van der Waals surface area contributed by atoms with Gasteiger partial charge in [-0.05, 0) is 5.56 Å². The molecule has 1 heterocycles. The van der Waals surface area contributed by atoms with E-state index in [0.29, 0.717) is 6.54 Å². The Morgan fingerprint density at radius 3 is 2.87 bits per heavy atom. The van der Waals surface area contributed by atoms with Crippen molar-refractivity contribution in [2.45, 2.75) is 6.10 Å². The molecule has 1 unspecified atom stereocenters. The third-order valence-corrected chi connectivity index (χ3v) is 2.12. The Kier molecular flexibility index (Phi) is 2.53. The van der Waals surface area contributed by atoms with Crippen molar-refractivity contribution in [1.29, 1.82) is 0 Å². The summed E-state index contributed by atoms with van der Waals surface area (Å²) in [4.78, 5) is 9.68. The molecule has 5 heteroatoms. The molecule has 1 aromatic carbocycles. The number of nitro groups is 1. The maximum absolute atomic E-state index is 10.2. The van der Waals surface area contributed by atoms with E-state index in [1.165, 1.54) is 0 Å². The molecule has 1 aliphatic heterocycles. The fraction of sp³-hybridized carbons (Fsp3) is 0.200. The normalized spacial score (nSPS) is 22.1. The Morgan fingerprint density at radius 1 is 1.47 bits per heavy atom. The summed E-state index contributed by atoms with van der Waals surface area (Å²) >= 11 is 0. The molecule has 0 aromatic heterocycles. The summed E-state index contributed by atoms with van der Waals surface area (Å²) in [6.45, 7) is 0.559. The average molecular weight is 206 g/mol. The van der Waals surface area contributed by atoms with Gasteiger partial charge in [-0.3, -0.25) is 10.1 Å². The standard InChI is InChI=1S/C10H10N2O3/c13-12(14)7-10-11-6-9(15-10)8-4-2-1-3-5-8/h1-5,7,9,11H,6H2/b10-7+. The molecule has 1 atom stereocenters. The molecule has 2 rings (SSSR count). The third-order valence-electron chi connectivity index (χ3n) is 2.12. The first-order valence-electron chi connectivity index (χ1n) is 4.56. The van der Waals surface area contributed by atoms with Gasteiger partial charge >= 0.3 is 0 Å². The monoisotopic (exact) mass is 206 g/mol. The van der Waals surface area contributed by atoms with E-state index in [1.807, 2.05) is 30.3 Å². The zero-order valence-corrected chi connectivity index (χ0v) is 7.92.